The van der Waals surface area contributed by atoms with Crippen LogP contribution in [0.1, 0.15) is 18.5 Å². The smallest absolute Gasteiger partial charge is 0.163 e. The van der Waals surface area contributed by atoms with E-state index in [1.54, 1.807) is 11.0 Å². The van der Waals surface area contributed by atoms with Gasteiger partial charge in [-0.25, -0.2) is 9.97 Å². The van der Waals surface area contributed by atoms with Gasteiger partial charge >= 0.3 is 0 Å². The number of rotatable bonds is 3. The number of hydrogen-bond donors (Lipinski definition) is 1. The first-order valence-electron chi connectivity index (χ1n) is 8.15. The highest BCUT2D eigenvalue weighted by molar-refractivity contribution is 5.86. The van der Waals surface area contributed by atoms with Crippen molar-refractivity contribution >= 4 is 22.7 Å². The Balaban J connectivity index is 1.53. The predicted molar refractivity (Wildman–Crippen MR) is 91.9 cm³/mol. The van der Waals surface area contributed by atoms with E-state index in [0.717, 1.165) is 54.3 Å². The fraction of sp³-hybridized carbons (Fsp3) is 0.438. The molecule has 1 saturated heterocycles. The van der Waals surface area contributed by atoms with Crippen molar-refractivity contribution in [3.8, 4) is 0 Å². The summed E-state index contributed by atoms with van der Waals surface area (Å²) in [6.07, 6.45) is 5.60. The van der Waals surface area contributed by atoms with Gasteiger partial charge in [0.1, 0.15) is 12.1 Å². The average molecular weight is 324 g/mol. The quantitative estimate of drug-likeness (QED) is 0.782. The van der Waals surface area contributed by atoms with Crippen molar-refractivity contribution in [2.45, 2.75) is 25.8 Å². The van der Waals surface area contributed by atoms with Gasteiger partial charge in [0.2, 0.25) is 0 Å². The summed E-state index contributed by atoms with van der Waals surface area (Å²) in [4.78, 5) is 11.0. The van der Waals surface area contributed by atoms with Crippen molar-refractivity contribution in [2.24, 2.45) is 7.05 Å². The van der Waals surface area contributed by atoms with Crippen LogP contribution in [-0.4, -0.2) is 49.1 Å². The van der Waals surface area contributed by atoms with Crippen LogP contribution in [0.4, 0.5) is 11.6 Å². The van der Waals surface area contributed by atoms with Gasteiger partial charge in [-0.3, -0.25) is 4.68 Å². The van der Waals surface area contributed by atoms with Gasteiger partial charge in [-0.2, -0.15) is 10.2 Å². The SMILES string of the molecule is Cc1ccc(N2CCC[C@H](Nc3ncnc4c3cnn4C)C2)nn1. The van der Waals surface area contributed by atoms with Crippen LogP contribution in [-0.2, 0) is 7.05 Å². The molecule has 124 valence electrons. The number of piperidine rings is 1. The molecule has 0 aromatic carbocycles. The Bertz CT molecular complexity index is 841. The van der Waals surface area contributed by atoms with Crippen molar-refractivity contribution in [3.05, 3.63) is 30.4 Å². The van der Waals surface area contributed by atoms with E-state index in [0.29, 0.717) is 6.04 Å². The Hall–Kier alpha value is -2.77. The normalized spacial score (nSPS) is 18.1. The molecule has 24 heavy (non-hydrogen) atoms. The molecule has 1 aliphatic heterocycles. The molecule has 0 aliphatic carbocycles. The van der Waals surface area contributed by atoms with Crippen molar-refractivity contribution in [2.75, 3.05) is 23.3 Å². The predicted octanol–water partition coefficient (Wildman–Crippen LogP) is 1.54. The van der Waals surface area contributed by atoms with Crippen LogP contribution in [0.2, 0.25) is 0 Å². The molecule has 1 N–H and O–H groups in total. The van der Waals surface area contributed by atoms with Gasteiger partial charge in [-0.15, -0.1) is 5.10 Å². The molecule has 0 unspecified atom stereocenters. The molecule has 1 aliphatic rings. The molecule has 4 rings (SSSR count). The zero-order valence-electron chi connectivity index (χ0n) is 13.8. The summed E-state index contributed by atoms with van der Waals surface area (Å²) in [5.74, 6) is 1.77. The van der Waals surface area contributed by atoms with E-state index in [2.05, 4.69) is 35.5 Å². The number of nitrogens with one attached hydrogen (secondary N) is 1. The van der Waals surface area contributed by atoms with Crippen LogP contribution in [0.3, 0.4) is 0 Å². The maximum atomic E-state index is 4.40. The lowest BCUT2D eigenvalue weighted by molar-refractivity contribution is 0.524. The van der Waals surface area contributed by atoms with Gasteiger partial charge in [0.15, 0.2) is 11.5 Å². The molecular formula is C16H20N8. The van der Waals surface area contributed by atoms with Crippen LogP contribution in [0.25, 0.3) is 11.0 Å². The van der Waals surface area contributed by atoms with Gasteiger partial charge in [0.25, 0.3) is 0 Å². The van der Waals surface area contributed by atoms with E-state index in [-0.39, 0.29) is 0 Å². The van der Waals surface area contributed by atoms with Crippen molar-refractivity contribution in [1.29, 1.82) is 0 Å². The summed E-state index contributed by atoms with van der Waals surface area (Å²) in [7, 11) is 1.89. The second-order valence-corrected chi connectivity index (χ2v) is 6.19. The minimum atomic E-state index is 0.306. The minimum absolute atomic E-state index is 0.306. The van der Waals surface area contributed by atoms with Crippen LogP contribution >= 0.6 is 0 Å². The Morgan fingerprint density at radius 3 is 2.96 bits per heavy atom. The fourth-order valence-corrected chi connectivity index (χ4v) is 3.13. The molecule has 1 atom stereocenters. The standard InChI is InChI=1S/C16H20N8/c1-11-5-6-14(22-21-11)24-7-3-4-12(9-24)20-15-13-8-19-23(2)16(13)18-10-17-15/h5-6,8,10,12H,3-4,7,9H2,1-2H3,(H,17,18,20)/t12-/m0/s1. The average Bonchev–Trinajstić information content (AvgIpc) is 2.98. The molecule has 1 fully saturated rings. The molecule has 4 heterocycles. The highest BCUT2D eigenvalue weighted by Crippen LogP contribution is 2.23. The lowest BCUT2D eigenvalue weighted by Crippen LogP contribution is -2.42. The fourth-order valence-electron chi connectivity index (χ4n) is 3.13. The first-order chi connectivity index (χ1) is 11.7. The van der Waals surface area contributed by atoms with Crippen LogP contribution in [0.5, 0.6) is 0 Å². The van der Waals surface area contributed by atoms with E-state index in [9.17, 15) is 0 Å². The van der Waals surface area contributed by atoms with Crippen LogP contribution < -0.4 is 10.2 Å². The number of fused-ring (bicyclic) bond motifs is 1. The number of aryl methyl sites for hydroxylation is 2. The highest BCUT2D eigenvalue weighted by Gasteiger charge is 2.22. The van der Waals surface area contributed by atoms with Gasteiger partial charge in [0.05, 0.1) is 17.3 Å². The van der Waals surface area contributed by atoms with E-state index >= 15 is 0 Å². The third-order valence-corrected chi connectivity index (χ3v) is 4.40. The first-order valence-corrected chi connectivity index (χ1v) is 8.15. The van der Waals surface area contributed by atoms with Crippen molar-refractivity contribution < 1.29 is 0 Å². The summed E-state index contributed by atoms with van der Waals surface area (Å²) in [5.41, 5.74) is 1.77. The lowest BCUT2D eigenvalue weighted by atomic mass is 10.1. The second-order valence-electron chi connectivity index (χ2n) is 6.19. The Morgan fingerprint density at radius 1 is 1.21 bits per heavy atom. The summed E-state index contributed by atoms with van der Waals surface area (Å²) >= 11 is 0. The Kier molecular flexibility index (Phi) is 3.72. The van der Waals surface area contributed by atoms with Crippen molar-refractivity contribution in [3.63, 3.8) is 0 Å². The molecule has 0 bridgehead atoms. The molecule has 0 amide bonds. The third-order valence-electron chi connectivity index (χ3n) is 4.40. The number of nitrogens with zero attached hydrogens (tertiary/aromatic N) is 7. The monoisotopic (exact) mass is 324 g/mol. The van der Waals surface area contributed by atoms with E-state index in [4.69, 9.17) is 0 Å². The van der Waals surface area contributed by atoms with Crippen LogP contribution in [0, 0.1) is 6.92 Å². The molecule has 8 nitrogen and oxygen atoms in total. The first kappa shape index (κ1) is 14.8. The van der Waals surface area contributed by atoms with Crippen LogP contribution in [0.15, 0.2) is 24.7 Å². The van der Waals surface area contributed by atoms with E-state index in [1.807, 2.05) is 32.3 Å². The van der Waals surface area contributed by atoms with Gasteiger partial charge < -0.3 is 10.2 Å². The molecule has 3 aromatic heterocycles. The Labute approximate surface area is 139 Å². The molecule has 8 heteroatoms. The van der Waals surface area contributed by atoms with Gasteiger partial charge in [-0.05, 0) is 31.9 Å². The molecule has 3 aromatic rings. The lowest BCUT2D eigenvalue weighted by Gasteiger charge is -2.34. The molecule has 0 spiro atoms. The number of anilines is 2. The van der Waals surface area contributed by atoms with Gasteiger partial charge in [-0.1, -0.05) is 0 Å². The largest absolute Gasteiger partial charge is 0.365 e. The molecule has 0 saturated carbocycles. The number of hydrogen-bond acceptors (Lipinski definition) is 7. The Morgan fingerprint density at radius 2 is 2.12 bits per heavy atom. The molecular weight excluding hydrogens is 304 g/mol. The highest BCUT2D eigenvalue weighted by atomic mass is 15.3. The summed E-state index contributed by atoms with van der Waals surface area (Å²) < 4.78 is 1.76. The topological polar surface area (TPSA) is 84.6 Å². The minimum Gasteiger partial charge on any atom is -0.365 e. The number of aromatic nitrogens is 6. The summed E-state index contributed by atoms with van der Waals surface area (Å²) in [5, 5.41) is 17.2. The maximum absolute atomic E-state index is 4.40. The second kappa shape index (κ2) is 6.03. The van der Waals surface area contributed by atoms with E-state index < -0.39 is 0 Å². The molecule has 0 radical (unpaired) electrons. The van der Waals surface area contributed by atoms with Crippen molar-refractivity contribution in [1.82, 2.24) is 29.9 Å². The zero-order valence-corrected chi connectivity index (χ0v) is 13.8. The zero-order chi connectivity index (χ0) is 16.5. The van der Waals surface area contributed by atoms with E-state index in [1.165, 1.54) is 0 Å². The summed E-state index contributed by atoms with van der Waals surface area (Å²) in [6.45, 7) is 3.83. The third kappa shape index (κ3) is 2.75. The maximum Gasteiger partial charge on any atom is 0.163 e. The van der Waals surface area contributed by atoms with Gasteiger partial charge in [0, 0.05) is 26.2 Å². The summed E-state index contributed by atoms with van der Waals surface area (Å²) in [6, 6.07) is 4.35.